The van der Waals surface area contributed by atoms with Crippen LogP contribution in [0, 0.1) is 5.92 Å². The number of ether oxygens (including phenoxy) is 1. The highest BCUT2D eigenvalue weighted by molar-refractivity contribution is 5.79. The maximum absolute atomic E-state index is 12.7. The predicted octanol–water partition coefficient (Wildman–Crippen LogP) is 5.35. The second-order valence-electron chi connectivity index (χ2n) is 8.06. The van der Waals surface area contributed by atoms with Crippen LogP contribution in [-0.4, -0.2) is 30.5 Å². The topological polar surface area (TPSA) is 29.5 Å². The maximum atomic E-state index is 12.7. The highest BCUT2D eigenvalue weighted by Crippen LogP contribution is 2.21. The lowest BCUT2D eigenvalue weighted by Crippen LogP contribution is -2.40. The molecule has 1 aliphatic heterocycles. The van der Waals surface area contributed by atoms with Crippen LogP contribution >= 0.6 is 0 Å². The van der Waals surface area contributed by atoms with E-state index >= 15 is 0 Å². The van der Waals surface area contributed by atoms with Crippen molar-refractivity contribution in [1.82, 2.24) is 4.90 Å². The van der Waals surface area contributed by atoms with E-state index in [1.807, 2.05) is 41.3 Å². The van der Waals surface area contributed by atoms with Crippen molar-refractivity contribution in [2.24, 2.45) is 5.92 Å². The Bertz CT molecular complexity index is 914. The van der Waals surface area contributed by atoms with E-state index in [9.17, 15) is 4.79 Å². The molecular formula is C27H29NO2. The normalized spacial score (nSPS) is 14.6. The van der Waals surface area contributed by atoms with E-state index < -0.39 is 0 Å². The molecule has 1 fully saturated rings. The van der Waals surface area contributed by atoms with Crippen LogP contribution in [0.15, 0.2) is 84.9 Å². The Hall–Kier alpha value is -2.91. The Kier molecular flexibility index (Phi) is 6.94. The van der Waals surface area contributed by atoms with Gasteiger partial charge in [0.15, 0.2) is 0 Å². The minimum Gasteiger partial charge on any atom is -0.376 e. The van der Waals surface area contributed by atoms with Crippen molar-refractivity contribution in [3.63, 3.8) is 0 Å². The number of carbonyl (C=O) groups is 1. The van der Waals surface area contributed by atoms with Crippen molar-refractivity contribution in [1.29, 1.82) is 0 Å². The number of nitrogens with zero attached hydrogens (tertiary/aromatic N) is 1. The lowest BCUT2D eigenvalue weighted by Gasteiger charge is -2.32. The summed E-state index contributed by atoms with van der Waals surface area (Å²) in [5.74, 6) is 0.772. The summed E-state index contributed by atoms with van der Waals surface area (Å²) in [6.45, 7) is 3.11. The molecule has 1 saturated heterocycles. The fraction of sp³-hybridized carbons (Fsp3) is 0.296. The van der Waals surface area contributed by atoms with Gasteiger partial charge in [-0.25, -0.2) is 0 Å². The van der Waals surface area contributed by atoms with E-state index in [0.717, 1.165) is 38.1 Å². The Labute approximate surface area is 179 Å². The third-order valence-corrected chi connectivity index (χ3v) is 5.85. The second kappa shape index (κ2) is 10.2. The number of benzene rings is 3. The van der Waals surface area contributed by atoms with Crippen LogP contribution in [-0.2, 0) is 22.6 Å². The molecule has 0 aromatic heterocycles. The van der Waals surface area contributed by atoms with E-state index in [1.54, 1.807) is 0 Å². The first-order valence-corrected chi connectivity index (χ1v) is 10.8. The van der Waals surface area contributed by atoms with Gasteiger partial charge in [-0.05, 0) is 41.0 Å². The molecule has 0 spiro atoms. The largest absolute Gasteiger partial charge is 0.376 e. The molecule has 0 N–H and O–H groups in total. The van der Waals surface area contributed by atoms with E-state index in [1.165, 1.54) is 16.7 Å². The molecule has 3 heteroatoms. The van der Waals surface area contributed by atoms with Crippen molar-refractivity contribution in [2.75, 3.05) is 19.7 Å². The van der Waals surface area contributed by atoms with E-state index in [2.05, 4.69) is 48.5 Å². The summed E-state index contributed by atoms with van der Waals surface area (Å²) in [6.07, 6.45) is 2.52. The first kappa shape index (κ1) is 20.4. The van der Waals surface area contributed by atoms with Crippen molar-refractivity contribution >= 4 is 5.91 Å². The minimum absolute atomic E-state index is 0.228. The molecule has 30 heavy (non-hydrogen) atoms. The molecule has 3 aromatic rings. The summed E-state index contributed by atoms with van der Waals surface area (Å²) in [7, 11) is 0. The molecule has 1 aliphatic rings. The standard InChI is InChI=1S/C27H29NO2/c29-27(19-22-11-13-26(14-12-22)25-9-5-2-6-10-25)28-17-15-24(16-18-28)21-30-20-23-7-3-1-4-8-23/h1-14,24H,15-21H2. The maximum Gasteiger partial charge on any atom is 0.226 e. The lowest BCUT2D eigenvalue weighted by atomic mass is 9.97. The van der Waals surface area contributed by atoms with Crippen LogP contribution in [0.3, 0.4) is 0 Å². The molecule has 1 amide bonds. The Morgan fingerprint density at radius 1 is 0.767 bits per heavy atom. The number of hydrogen-bond donors (Lipinski definition) is 0. The molecular weight excluding hydrogens is 370 g/mol. The monoisotopic (exact) mass is 399 g/mol. The second-order valence-corrected chi connectivity index (χ2v) is 8.06. The summed E-state index contributed by atoms with van der Waals surface area (Å²) >= 11 is 0. The third-order valence-electron chi connectivity index (χ3n) is 5.85. The molecule has 0 saturated carbocycles. The number of carbonyl (C=O) groups excluding carboxylic acids is 1. The van der Waals surface area contributed by atoms with Gasteiger partial charge in [0.2, 0.25) is 5.91 Å². The quantitative estimate of drug-likeness (QED) is 0.536. The first-order valence-electron chi connectivity index (χ1n) is 10.8. The molecule has 3 nitrogen and oxygen atoms in total. The number of amides is 1. The van der Waals surface area contributed by atoms with Crippen molar-refractivity contribution in [2.45, 2.75) is 25.9 Å². The van der Waals surface area contributed by atoms with Crippen molar-refractivity contribution in [3.8, 4) is 11.1 Å². The molecule has 4 rings (SSSR count). The van der Waals surface area contributed by atoms with E-state index in [4.69, 9.17) is 4.74 Å². The van der Waals surface area contributed by atoms with Gasteiger partial charge in [0.05, 0.1) is 13.0 Å². The zero-order chi connectivity index (χ0) is 20.6. The van der Waals surface area contributed by atoms with Gasteiger partial charge in [-0.15, -0.1) is 0 Å². The molecule has 0 aliphatic carbocycles. The fourth-order valence-electron chi connectivity index (χ4n) is 4.00. The average Bonchev–Trinajstić information content (AvgIpc) is 2.81. The SMILES string of the molecule is O=C(Cc1ccc(-c2ccccc2)cc1)N1CCC(COCc2ccccc2)CC1. The van der Waals surface area contributed by atoms with E-state index in [0.29, 0.717) is 18.9 Å². The first-order chi connectivity index (χ1) is 14.8. The molecule has 3 aromatic carbocycles. The van der Waals surface area contributed by atoms with Crippen LogP contribution in [0.1, 0.15) is 24.0 Å². The molecule has 0 radical (unpaired) electrons. The highest BCUT2D eigenvalue weighted by atomic mass is 16.5. The Morgan fingerprint density at radius 2 is 1.37 bits per heavy atom. The number of likely N-dealkylation sites (tertiary alicyclic amines) is 1. The van der Waals surface area contributed by atoms with Gasteiger partial charge in [0.25, 0.3) is 0 Å². The zero-order valence-corrected chi connectivity index (χ0v) is 17.4. The fourth-order valence-corrected chi connectivity index (χ4v) is 4.00. The van der Waals surface area contributed by atoms with Crippen molar-refractivity contribution in [3.05, 3.63) is 96.1 Å². The Balaban J connectivity index is 1.21. The van der Waals surface area contributed by atoms with Gasteiger partial charge in [-0.2, -0.15) is 0 Å². The van der Waals surface area contributed by atoms with Gasteiger partial charge < -0.3 is 9.64 Å². The van der Waals surface area contributed by atoms with Crippen LogP contribution in [0.5, 0.6) is 0 Å². The van der Waals surface area contributed by atoms with Gasteiger partial charge >= 0.3 is 0 Å². The van der Waals surface area contributed by atoms with Crippen LogP contribution in [0.25, 0.3) is 11.1 Å². The van der Waals surface area contributed by atoms with Gasteiger partial charge in [0, 0.05) is 19.7 Å². The van der Waals surface area contributed by atoms with Crippen LogP contribution in [0.4, 0.5) is 0 Å². The summed E-state index contributed by atoms with van der Waals surface area (Å²) in [5, 5.41) is 0. The number of piperidine rings is 1. The van der Waals surface area contributed by atoms with Crippen LogP contribution < -0.4 is 0 Å². The highest BCUT2D eigenvalue weighted by Gasteiger charge is 2.23. The number of hydrogen-bond acceptors (Lipinski definition) is 2. The molecule has 0 bridgehead atoms. The molecule has 154 valence electrons. The predicted molar refractivity (Wildman–Crippen MR) is 121 cm³/mol. The van der Waals surface area contributed by atoms with Gasteiger partial charge in [-0.3, -0.25) is 4.79 Å². The number of rotatable bonds is 7. The molecule has 0 atom stereocenters. The smallest absolute Gasteiger partial charge is 0.226 e. The minimum atomic E-state index is 0.228. The lowest BCUT2D eigenvalue weighted by molar-refractivity contribution is -0.132. The summed E-state index contributed by atoms with van der Waals surface area (Å²) in [4.78, 5) is 14.7. The molecule has 1 heterocycles. The third kappa shape index (κ3) is 5.58. The summed E-state index contributed by atoms with van der Waals surface area (Å²) in [6, 6.07) is 29.0. The average molecular weight is 400 g/mol. The zero-order valence-electron chi connectivity index (χ0n) is 17.4. The van der Waals surface area contributed by atoms with Gasteiger partial charge in [0.1, 0.15) is 0 Å². The van der Waals surface area contributed by atoms with Gasteiger partial charge in [-0.1, -0.05) is 84.9 Å². The van der Waals surface area contributed by atoms with Crippen LogP contribution in [0.2, 0.25) is 0 Å². The van der Waals surface area contributed by atoms with Crippen molar-refractivity contribution < 1.29 is 9.53 Å². The molecule has 0 unspecified atom stereocenters. The van der Waals surface area contributed by atoms with E-state index in [-0.39, 0.29) is 5.91 Å². The summed E-state index contributed by atoms with van der Waals surface area (Å²) in [5.41, 5.74) is 4.67. The Morgan fingerprint density at radius 3 is 2.03 bits per heavy atom. The summed E-state index contributed by atoms with van der Waals surface area (Å²) < 4.78 is 5.89.